The second-order valence-electron chi connectivity index (χ2n) is 9.25. The molecule has 1 fully saturated rings. The minimum absolute atomic E-state index is 0.115. The Kier molecular flexibility index (Phi) is 9.59. The molecule has 1 aliphatic rings. The van der Waals surface area contributed by atoms with Crippen LogP contribution in [-0.4, -0.2) is 75.7 Å². The average molecular weight is 611 g/mol. The number of carbonyl (C=O) groups excluding carboxylic acids is 1. The van der Waals surface area contributed by atoms with Gasteiger partial charge in [0.25, 0.3) is 5.91 Å². The number of hydrogen-bond donors (Lipinski definition) is 3. The van der Waals surface area contributed by atoms with E-state index in [0.29, 0.717) is 35.3 Å². The molecule has 42 heavy (non-hydrogen) atoms. The van der Waals surface area contributed by atoms with Crippen molar-refractivity contribution >= 4 is 52.3 Å². The summed E-state index contributed by atoms with van der Waals surface area (Å²) in [6.45, 7) is 6.40. The average Bonchev–Trinajstić information content (AvgIpc) is 3.01. The van der Waals surface area contributed by atoms with Crippen LogP contribution in [-0.2, 0) is 11.3 Å². The van der Waals surface area contributed by atoms with Crippen molar-refractivity contribution in [3.05, 3.63) is 70.5 Å². The van der Waals surface area contributed by atoms with Gasteiger partial charge in [0.1, 0.15) is 40.9 Å². The third-order valence-electron chi connectivity index (χ3n) is 6.46. The first-order valence-electron chi connectivity index (χ1n) is 13.2. The molecule has 1 amide bonds. The molecule has 0 radical (unpaired) electrons. The first-order valence-corrected chi connectivity index (χ1v) is 14.0. The SMILES string of the molecule is CCNC(=O)c1cc(OC)c(Cl)c(Nc2ncncc2-c2cc(Nc3ccc(CN4CCOCC4)cn3)ncn2)c1Cl. The van der Waals surface area contributed by atoms with Crippen LogP contribution in [0.1, 0.15) is 22.8 Å². The Labute approximate surface area is 252 Å². The molecule has 0 atom stereocenters. The summed E-state index contributed by atoms with van der Waals surface area (Å²) in [4.78, 5) is 36.9. The lowest BCUT2D eigenvalue weighted by molar-refractivity contribution is 0.0341. The number of benzene rings is 1. The number of ether oxygens (including phenoxy) is 2. The summed E-state index contributed by atoms with van der Waals surface area (Å²) in [6, 6.07) is 7.20. The van der Waals surface area contributed by atoms with E-state index in [0.717, 1.165) is 38.4 Å². The Hall–Kier alpha value is -4.10. The van der Waals surface area contributed by atoms with Gasteiger partial charge in [0.05, 0.1) is 47.9 Å². The Morgan fingerprint density at radius 3 is 2.57 bits per heavy atom. The molecule has 4 aromatic rings. The number of rotatable bonds is 10. The number of hydrogen-bond acceptors (Lipinski definition) is 11. The van der Waals surface area contributed by atoms with Crippen LogP contribution in [0.2, 0.25) is 10.0 Å². The summed E-state index contributed by atoms with van der Waals surface area (Å²) < 4.78 is 10.8. The number of amides is 1. The van der Waals surface area contributed by atoms with E-state index in [-0.39, 0.29) is 33.0 Å². The molecule has 0 saturated carbocycles. The van der Waals surface area contributed by atoms with Crippen LogP contribution >= 0.6 is 23.2 Å². The smallest absolute Gasteiger partial charge is 0.253 e. The van der Waals surface area contributed by atoms with Gasteiger partial charge in [0.15, 0.2) is 0 Å². The lowest BCUT2D eigenvalue weighted by Gasteiger charge is -2.26. The first-order chi connectivity index (χ1) is 20.5. The number of nitrogens with zero attached hydrogens (tertiary/aromatic N) is 6. The van der Waals surface area contributed by atoms with E-state index < -0.39 is 0 Å². The van der Waals surface area contributed by atoms with Gasteiger partial charge in [-0.2, -0.15) is 0 Å². The summed E-state index contributed by atoms with van der Waals surface area (Å²) in [6.07, 6.45) is 6.26. The van der Waals surface area contributed by atoms with E-state index >= 15 is 0 Å². The summed E-state index contributed by atoms with van der Waals surface area (Å²) >= 11 is 13.2. The molecule has 218 valence electrons. The van der Waals surface area contributed by atoms with Crippen molar-refractivity contribution in [3.8, 4) is 17.0 Å². The minimum atomic E-state index is -0.363. The maximum absolute atomic E-state index is 12.7. The number of aromatic nitrogens is 5. The van der Waals surface area contributed by atoms with E-state index in [2.05, 4.69) is 45.8 Å². The zero-order valence-corrected chi connectivity index (χ0v) is 24.5. The quantitative estimate of drug-likeness (QED) is 0.230. The molecular formula is C28H29Cl2N9O3. The summed E-state index contributed by atoms with van der Waals surface area (Å²) in [7, 11) is 1.46. The van der Waals surface area contributed by atoms with Gasteiger partial charge in [0.2, 0.25) is 0 Å². The Balaban J connectivity index is 1.38. The second-order valence-corrected chi connectivity index (χ2v) is 10.0. The standard InChI is InChI=1S/C28H29Cl2N9O3/c1-3-32-28(40)18-10-21(41-2)25(30)26(24(18)29)38-27-19(13-31-15-36-27)20-11-23(35-16-34-20)37-22-5-4-17(12-33-22)14-39-6-8-42-9-7-39/h4-5,10-13,15-16H,3,6-9,14H2,1-2H3,(H,32,40)(H,31,36,38)(H,33,34,35,37). The molecule has 3 aromatic heterocycles. The minimum Gasteiger partial charge on any atom is -0.495 e. The predicted octanol–water partition coefficient (Wildman–Crippen LogP) is 4.71. The summed E-state index contributed by atoms with van der Waals surface area (Å²) in [5.41, 5.74) is 2.65. The molecule has 0 bridgehead atoms. The third kappa shape index (κ3) is 6.85. The lowest BCUT2D eigenvalue weighted by atomic mass is 10.1. The Bertz CT molecular complexity index is 1550. The molecule has 0 spiro atoms. The number of halogens is 2. The lowest BCUT2D eigenvalue weighted by Crippen LogP contribution is -2.35. The van der Waals surface area contributed by atoms with Gasteiger partial charge in [-0.3, -0.25) is 9.69 Å². The highest BCUT2D eigenvalue weighted by atomic mass is 35.5. The van der Waals surface area contributed by atoms with Crippen LogP contribution < -0.4 is 20.7 Å². The number of anilines is 4. The van der Waals surface area contributed by atoms with Crippen LogP contribution in [0.3, 0.4) is 0 Å². The van der Waals surface area contributed by atoms with Crippen molar-refractivity contribution in [3.63, 3.8) is 0 Å². The van der Waals surface area contributed by atoms with Gasteiger partial charge in [0, 0.05) is 44.6 Å². The number of pyridine rings is 1. The highest BCUT2D eigenvalue weighted by molar-refractivity contribution is 6.42. The molecule has 1 aliphatic heterocycles. The largest absolute Gasteiger partial charge is 0.495 e. The number of morpholine rings is 1. The van der Waals surface area contributed by atoms with Crippen molar-refractivity contribution in [2.24, 2.45) is 0 Å². The zero-order valence-electron chi connectivity index (χ0n) is 23.0. The van der Waals surface area contributed by atoms with E-state index in [1.807, 2.05) is 25.3 Å². The summed E-state index contributed by atoms with van der Waals surface area (Å²) in [5, 5.41) is 9.41. The molecule has 4 heterocycles. The maximum Gasteiger partial charge on any atom is 0.253 e. The van der Waals surface area contributed by atoms with Crippen molar-refractivity contribution in [1.29, 1.82) is 0 Å². The van der Waals surface area contributed by atoms with E-state index in [4.69, 9.17) is 32.7 Å². The molecule has 12 nitrogen and oxygen atoms in total. The van der Waals surface area contributed by atoms with Gasteiger partial charge in [-0.1, -0.05) is 29.3 Å². The molecule has 5 rings (SSSR count). The van der Waals surface area contributed by atoms with Gasteiger partial charge in [-0.25, -0.2) is 24.9 Å². The molecule has 3 N–H and O–H groups in total. The molecule has 14 heteroatoms. The Morgan fingerprint density at radius 1 is 1.00 bits per heavy atom. The highest BCUT2D eigenvalue weighted by Gasteiger charge is 2.22. The fraction of sp³-hybridized carbons (Fsp3) is 0.286. The molecular weight excluding hydrogens is 581 g/mol. The van der Waals surface area contributed by atoms with E-state index in [9.17, 15) is 4.79 Å². The van der Waals surface area contributed by atoms with E-state index in [1.165, 1.54) is 25.8 Å². The van der Waals surface area contributed by atoms with Gasteiger partial charge >= 0.3 is 0 Å². The topological polar surface area (TPSA) is 139 Å². The van der Waals surface area contributed by atoms with Crippen molar-refractivity contribution < 1.29 is 14.3 Å². The van der Waals surface area contributed by atoms with Gasteiger partial charge in [-0.05, 0) is 24.6 Å². The first kappa shape index (κ1) is 29.4. The predicted molar refractivity (Wildman–Crippen MR) is 161 cm³/mol. The molecule has 0 unspecified atom stereocenters. The monoisotopic (exact) mass is 609 g/mol. The van der Waals surface area contributed by atoms with Crippen molar-refractivity contribution in [1.82, 2.24) is 35.1 Å². The van der Waals surface area contributed by atoms with Crippen LogP contribution in [0.25, 0.3) is 11.3 Å². The fourth-order valence-electron chi connectivity index (χ4n) is 4.34. The van der Waals surface area contributed by atoms with Gasteiger partial charge in [-0.15, -0.1) is 0 Å². The van der Waals surface area contributed by atoms with Crippen LogP contribution in [0.15, 0.2) is 49.3 Å². The van der Waals surface area contributed by atoms with Crippen LogP contribution in [0, 0.1) is 0 Å². The summed E-state index contributed by atoms with van der Waals surface area (Å²) in [5.74, 6) is 1.44. The van der Waals surface area contributed by atoms with Crippen molar-refractivity contribution in [2.75, 3.05) is 50.6 Å². The fourth-order valence-corrected chi connectivity index (χ4v) is 4.94. The van der Waals surface area contributed by atoms with Gasteiger partial charge < -0.3 is 25.4 Å². The van der Waals surface area contributed by atoms with E-state index in [1.54, 1.807) is 12.3 Å². The molecule has 1 saturated heterocycles. The van der Waals surface area contributed by atoms with Crippen LogP contribution in [0.4, 0.5) is 23.1 Å². The molecule has 1 aromatic carbocycles. The second kappa shape index (κ2) is 13.7. The van der Waals surface area contributed by atoms with Crippen LogP contribution in [0.5, 0.6) is 5.75 Å². The normalized spacial score (nSPS) is 13.4. The molecule has 0 aliphatic carbocycles. The van der Waals surface area contributed by atoms with Crippen molar-refractivity contribution in [2.45, 2.75) is 13.5 Å². The number of carbonyl (C=O) groups is 1. The maximum atomic E-state index is 12.7. The zero-order chi connectivity index (χ0) is 29.5. The Morgan fingerprint density at radius 2 is 1.83 bits per heavy atom. The highest BCUT2D eigenvalue weighted by Crippen LogP contribution is 2.42. The number of nitrogens with one attached hydrogen (secondary N) is 3. The third-order valence-corrected chi connectivity index (χ3v) is 7.23. The number of methoxy groups -OCH3 is 1.